The molecule has 0 aliphatic heterocycles. The first kappa shape index (κ1) is 16.8. The molecule has 4 nitrogen and oxygen atoms in total. The highest BCUT2D eigenvalue weighted by Crippen LogP contribution is 2.18. The van der Waals surface area contributed by atoms with Crippen LogP contribution in [0, 0.1) is 0 Å². The Morgan fingerprint density at radius 3 is 2.62 bits per heavy atom. The van der Waals surface area contributed by atoms with Gasteiger partial charge in [0.15, 0.2) is 0 Å². The van der Waals surface area contributed by atoms with Crippen LogP contribution in [-0.2, 0) is 6.54 Å². The fourth-order valence-corrected chi connectivity index (χ4v) is 3.11. The molecule has 24 heavy (non-hydrogen) atoms. The van der Waals surface area contributed by atoms with Crippen molar-refractivity contribution in [1.29, 1.82) is 0 Å². The molecule has 1 amide bonds. The highest BCUT2D eigenvalue weighted by molar-refractivity contribution is 6.30. The van der Waals surface area contributed by atoms with Gasteiger partial charge < -0.3 is 10.6 Å². The SMILES string of the molecule is O=C(NC1CCCCC1)c1cncc(NCc2ccc(Cl)cc2)c1. The van der Waals surface area contributed by atoms with Crippen LogP contribution in [0.3, 0.4) is 0 Å². The first-order valence-electron chi connectivity index (χ1n) is 8.45. The minimum absolute atomic E-state index is 0.0375. The summed E-state index contributed by atoms with van der Waals surface area (Å²) in [5.74, 6) is -0.0375. The summed E-state index contributed by atoms with van der Waals surface area (Å²) in [4.78, 5) is 16.6. The second kappa shape index (κ2) is 8.15. The van der Waals surface area contributed by atoms with E-state index in [1.54, 1.807) is 12.4 Å². The molecule has 2 aromatic rings. The van der Waals surface area contributed by atoms with Crippen LogP contribution >= 0.6 is 11.6 Å². The third-order valence-corrected chi connectivity index (χ3v) is 4.60. The largest absolute Gasteiger partial charge is 0.380 e. The summed E-state index contributed by atoms with van der Waals surface area (Å²) >= 11 is 5.89. The van der Waals surface area contributed by atoms with Gasteiger partial charge in [0.05, 0.1) is 11.3 Å². The van der Waals surface area contributed by atoms with Gasteiger partial charge in [-0.1, -0.05) is 43.0 Å². The molecular weight excluding hydrogens is 322 g/mol. The summed E-state index contributed by atoms with van der Waals surface area (Å²) < 4.78 is 0. The highest BCUT2D eigenvalue weighted by Gasteiger charge is 2.16. The molecule has 0 radical (unpaired) electrons. The first-order chi connectivity index (χ1) is 11.7. The number of hydrogen-bond donors (Lipinski definition) is 2. The highest BCUT2D eigenvalue weighted by atomic mass is 35.5. The average molecular weight is 344 g/mol. The van der Waals surface area contributed by atoms with Gasteiger partial charge in [-0.15, -0.1) is 0 Å². The molecular formula is C19H22ClN3O. The van der Waals surface area contributed by atoms with Gasteiger partial charge >= 0.3 is 0 Å². The molecule has 2 N–H and O–H groups in total. The second-order valence-electron chi connectivity index (χ2n) is 6.25. The molecule has 0 unspecified atom stereocenters. The third-order valence-electron chi connectivity index (χ3n) is 4.35. The van der Waals surface area contributed by atoms with E-state index in [2.05, 4.69) is 15.6 Å². The number of hydrogen-bond acceptors (Lipinski definition) is 3. The Labute approximate surface area is 147 Å². The van der Waals surface area contributed by atoms with Crippen LogP contribution in [0.15, 0.2) is 42.7 Å². The fraction of sp³-hybridized carbons (Fsp3) is 0.368. The zero-order chi connectivity index (χ0) is 16.8. The van der Waals surface area contributed by atoms with E-state index in [1.165, 1.54) is 19.3 Å². The van der Waals surface area contributed by atoms with Gasteiger partial charge in [-0.2, -0.15) is 0 Å². The van der Waals surface area contributed by atoms with Gasteiger partial charge in [0.1, 0.15) is 0 Å². The maximum absolute atomic E-state index is 12.4. The standard InChI is InChI=1S/C19H22ClN3O/c20-16-8-6-14(7-9-16)11-22-18-10-15(12-21-13-18)19(24)23-17-4-2-1-3-5-17/h6-10,12-13,17,22H,1-5,11H2,(H,23,24). The van der Waals surface area contributed by atoms with Gasteiger partial charge in [0.2, 0.25) is 0 Å². The summed E-state index contributed by atoms with van der Waals surface area (Å²) in [7, 11) is 0. The van der Waals surface area contributed by atoms with E-state index >= 15 is 0 Å². The molecule has 0 saturated heterocycles. The molecule has 1 aliphatic rings. The average Bonchev–Trinajstić information content (AvgIpc) is 2.62. The normalized spacial score (nSPS) is 15.0. The van der Waals surface area contributed by atoms with Crippen molar-refractivity contribution < 1.29 is 4.79 Å². The lowest BCUT2D eigenvalue weighted by molar-refractivity contribution is 0.0927. The molecule has 126 valence electrons. The maximum atomic E-state index is 12.4. The van der Waals surface area contributed by atoms with Crippen molar-refractivity contribution in [3.63, 3.8) is 0 Å². The molecule has 1 heterocycles. The van der Waals surface area contributed by atoms with Crippen LogP contribution in [0.5, 0.6) is 0 Å². The lowest BCUT2D eigenvalue weighted by atomic mass is 9.95. The number of anilines is 1. The predicted octanol–water partition coefficient (Wildman–Crippen LogP) is 4.41. The number of halogens is 1. The van der Waals surface area contributed by atoms with Crippen molar-refractivity contribution in [3.05, 3.63) is 58.9 Å². The molecule has 1 fully saturated rings. The molecule has 0 atom stereocenters. The summed E-state index contributed by atoms with van der Waals surface area (Å²) in [6, 6.07) is 9.83. The number of carbonyl (C=O) groups excluding carboxylic acids is 1. The van der Waals surface area contributed by atoms with Crippen molar-refractivity contribution >= 4 is 23.2 Å². The summed E-state index contributed by atoms with van der Waals surface area (Å²) in [6.45, 7) is 0.659. The Hall–Kier alpha value is -2.07. The van der Waals surface area contributed by atoms with Crippen molar-refractivity contribution in [3.8, 4) is 0 Å². The van der Waals surface area contributed by atoms with Crippen LogP contribution in [0.25, 0.3) is 0 Å². The molecule has 1 aromatic heterocycles. The minimum Gasteiger partial charge on any atom is -0.380 e. The lowest BCUT2D eigenvalue weighted by Crippen LogP contribution is -2.36. The fourth-order valence-electron chi connectivity index (χ4n) is 2.98. The number of rotatable bonds is 5. The van der Waals surface area contributed by atoms with Gasteiger partial charge in [-0.3, -0.25) is 9.78 Å². The third kappa shape index (κ3) is 4.71. The topological polar surface area (TPSA) is 54.0 Å². The molecule has 3 rings (SSSR count). The van der Waals surface area contributed by atoms with E-state index in [9.17, 15) is 4.79 Å². The number of pyridine rings is 1. The van der Waals surface area contributed by atoms with Crippen molar-refractivity contribution in [1.82, 2.24) is 10.3 Å². The van der Waals surface area contributed by atoms with Gasteiger partial charge in [0.25, 0.3) is 5.91 Å². The van der Waals surface area contributed by atoms with E-state index in [1.807, 2.05) is 30.3 Å². The number of aromatic nitrogens is 1. The smallest absolute Gasteiger partial charge is 0.253 e. The minimum atomic E-state index is -0.0375. The van der Waals surface area contributed by atoms with E-state index in [0.29, 0.717) is 18.2 Å². The molecule has 1 saturated carbocycles. The Balaban J connectivity index is 1.58. The number of benzene rings is 1. The van der Waals surface area contributed by atoms with E-state index in [0.717, 1.165) is 29.1 Å². The van der Waals surface area contributed by atoms with E-state index in [-0.39, 0.29) is 5.91 Å². The van der Waals surface area contributed by atoms with Gasteiger partial charge in [0, 0.05) is 30.0 Å². The van der Waals surface area contributed by atoms with Crippen LogP contribution in [0.1, 0.15) is 48.0 Å². The lowest BCUT2D eigenvalue weighted by Gasteiger charge is -2.22. The van der Waals surface area contributed by atoms with Crippen molar-refractivity contribution in [2.75, 3.05) is 5.32 Å². The molecule has 1 aliphatic carbocycles. The van der Waals surface area contributed by atoms with Gasteiger partial charge in [-0.25, -0.2) is 0 Å². The summed E-state index contributed by atoms with van der Waals surface area (Å²) in [5.41, 5.74) is 2.55. The second-order valence-corrected chi connectivity index (χ2v) is 6.69. The maximum Gasteiger partial charge on any atom is 0.253 e. The Kier molecular flexibility index (Phi) is 5.70. The quantitative estimate of drug-likeness (QED) is 0.845. The molecule has 0 spiro atoms. The van der Waals surface area contributed by atoms with Gasteiger partial charge in [-0.05, 0) is 36.6 Å². The zero-order valence-electron chi connectivity index (χ0n) is 13.6. The van der Waals surface area contributed by atoms with Crippen LogP contribution < -0.4 is 10.6 Å². The Bertz CT molecular complexity index is 681. The zero-order valence-corrected chi connectivity index (χ0v) is 14.4. The number of carbonyl (C=O) groups is 1. The van der Waals surface area contributed by atoms with Crippen molar-refractivity contribution in [2.45, 2.75) is 44.7 Å². The van der Waals surface area contributed by atoms with Crippen molar-refractivity contribution in [2.24, 2.45) is 0 Å². The molecule has 1 aromatic carbocycles. The summed E-state index contributed by atoms with van der Waals surface area (Å²) in [5, 5.41) is 7.14. The molecule has 5 heteroatoms. The Morgan fingerprint density at radius 1 is 1.12 bits per heavy atom. The van der Waals surface area contributed by atoms with E-state index < -0.39 is 0 Å². The number of nitrogens with zero attached hydrogens (tertiary/aromatic N) is 1. The van der Waals surface area contributed by atoms with E-state index in [4.69, 9.17) is 11.6 Å². The number of nitrogens with one attached hydrogen (secondary N) is 2. The van der Waals surface area contributed by atoms with Crippen LogP contribution in [0.4, 0.5) is 5.69 Å². The predicted molar refractivity (Wildman–Crippen MR) is 97.4 cm³/mol. The number of amides is 1. The molecule has 0 bridgehead atoms. The van der Waals surface area contributed by atoms with Crippen LogP contribution in [0.2, 0.25) is 5.02 Å². The monoisotopic (exact) mass is 343 g/mol. The Morgan fingerprint density at radius 2 is 1.88 bits per heavy atom. The summed E-state index contributed by atoms with van der Waals surface area (Å²) in [6.07, 6.45) is 9.18. The van der Waals surface area contributed by atoms with Crippen LogP contribution in [-0.4, -0.2) is 16.9 Å². The first-order valence-corrected chi connectivity index (χ1v) is 8.83.